The number of rotatable bonds is 7. The standard InChI is InChI=1S/C17H18N2O2S/c1-21-15-8-5-14(6-9-15)7-10-16(20)18-12-13-22-17-4-2-3-11-19-17/h2-11H,12-13H2,1H3,(H,18,20)/b10-7+. The summed E-state index contributed by atoms with van der Waals surface area (Å²) in [6.45, 7) is 0.604. The molecule has 0 radical (unpaired) electrons. The van der Waals surface area contributed by atoms with Gasteiger partial charge in [-0.2, -0.15) is 0 Å². The molecule has 0 spiro atoms. The second-order valence-corrected chi connectivity index (χ2v) is 5.53. The third-order valence-corrected chi connectivity index (χ3v) is 3.78. The molecule has 114 valence electrons. The monoisotopic (exact) mass is 314 g/mol. The molecule has 0 aliphatic carbocycles. The highest BCUT2D eigenvalue weighted by atomic mass is 32.2. The van der Waals surface area contributed by atoms with Gasteiger partial charge in [-0.05, 0) is 35.9 Å². The first-order valence-electron chi connectivity index (χ1n) is 6.92. The van der Waals surface area contributed by atoms with Crippen LogP contribution in [0.15, 0.2) is 59.8 Å². The number of pyridine rings is 1. The van der Waals surface area contributed by atoms with Crippen LogP contribution in [0, 0.1) is 0 Å². The first-order valence-corrected chi connectivity index (χ1v) is 7.90. The van der Waals surface area contributed by atoms with E-state index in [4.69, 9.17) is 4.74 Å². The number of carbonyl (C=O) groups is 1. The van der Waals surface area contributed by atoms with Crippen molar-refractivity contribution in [3.63, 3.8) is 0 Å². The Labute approximate surface area is 134 Å². The molecule has 0 saturated carbocycles. The van der Waals surface area contributed by atoms with Crippen molar-refractivity contribution in [2.24, 2.45) is 0 Å². The van der Waals surface area contributed by atoms with E-state index < -0.39 is 0 Å². The number of amides is 1. The van der Waals surface area contributed by atoms with Crippen LogP contribution in [0.4, 0.5) is 0 Å². The second-order valence-electron chi connectivity index (χ2n) is 4.41. The molecule has 0 saturated heterocycles. The lowest BCUT2D eigenvalue weighted by Crippen LogP contribution is -2.23. The molecule has 1 aromatic carbocycles. The van der Waals surface area contributed by atoms with Crippen molar-refractivity contribution in [1.29, 1.82) is 0 Å². The Morgan fingerprint density at radius 2 is 2.09 bits per heavy atom. The maximum Gasteiger partial charge on any atom is 0.244 e. The molecule has 0 bridgehead atoms. The average molecular weight is 314 g/mol. The normalized spacial score (nSPS) is 10.6. The molecule has 0 fully saturated rings. The van der Waals surface area contributed by atoms with Crippen LogP contribution in [-0.2, 0) is 4.79 Å². The molecule has 4 nitrogen and oxygen atoms in total. The minimum Gasteiger partial charge on any atom is -0.497 e. The van der Waals surface area contributed by atoms with E-state index in [0.29, 0.717) is 6.54 Å². The van der Waals surface area contributed by atoms with E-state index in [2.05, 4.69) is 10.3 Å². The van der Waals surface area contributed by atoms with Gasteiger partial charge in [-0.3, -0.25) is 4.79 Å². The fourth-order valence-electron chi connectivity index (χ4n) is 1.71. The number of carbonyl (C=O) groups excluding carboxylic acids is 1. The zero-order chi connectivity index (χ0) is 15.6. The maximum atomic E-state index is 11.7. The molecular formula is C17H18N2O2S. The molecule has 1 N–H and O–H groups in total. The van der Waals surface area contributed by atoms with E-state index in [0.717, 1.165) is 22.1 Å². The number of hydrogen-bond donors (Lipinski definition) is 1. The number of nitrogens with one attached hydrogen (secondary N) is 1. The van der Waals surface area contributed by atoms with Gasteiger partial charge in [0.15, 0.2) is 0 Å². The van der Waals surface area contributed by atoms with Crippen molar-refractivity contribution in [2.75, 3.05) is 19.4 Å². The zero-order valence-electron chi connectivity index (χ0n) is 12.4. The van der Waals surface area contributed by atoms with E-state index in [9.17, 15) is 4.79 Å². The van der Waals surface area contributed by atoms with Gasteiger partial charge >= 0.3 is 0 Å². The highest BCUT2D eigenvalue weighted by Crippen LogP contribution is 2.13. The Morgan fingerprint density at radius 3 is 2.77 bits per heavy atom. The van der Waals surface area contributed by atoms with E-state index in [-0.39, 0.29) is 5.91 Å². The molecule has 1 aromatic heterocycles. The number of nitrogens with zero attached hydrogens (tertiary/aromatic N) is 1. The number of ether oxygens (including phenoxy) is 1. The van der Waals surface area contributed by atoms with Crippen LogP contribution in [-0.4, -0.2) is 30.3 Å². The largest absolute Gasteiger partial charge is 0.497 e. The SMILES string of the molecule is COc1ccc(/C=C/C(=O)NCCSc2ccccn2)cc1. The van der Waals surface area contributed by atoms with Crippen molar-refractivity contribution in [1.82, 2.24) is 10.3 Å². The van der Waals surface area contributed by atoms with Crippen LogP contribution in [0.1, 0.15) is 5.56 Å². The third kappa shape index (κ3) is 5.61. The summed E-state index contributed by atoms with van der Waals surface area (Å²) in [5, 5.41) is 3.81. The molecule has 0 aliphatic heterocycles. The Hall–Kier alpha value is -2.27. The summed E-state index contributed by atoms with van der Waals surface area (Å²) < 4.78 is 5.09. The average Bonchev–Trinajstić information content (AvgIpc) is 2.58. The van der Waals surface area contributed by atoms with Crippen molar-refractivity contribution >= 4 is 23.7 Å². The van der Waals surface area contributed by atoms with E-state index in [1.165, 1.54) is 6.08 Å². The van der Waals surface area contributed by atoms with Crippen LogP contribution in [0.3, 0.4) is 0 Å². The number of benzene rings is 1. The molecule has 0 aliphatic rings. The molecule has 22 heavy (non-hydrogen) atoms. The summed E-state index contributed by atoms with van der Waals surface area (Å²) in [5.74, 6) is 1.49. The molecule has 2 rings (SSSR count). The molecular weight excluding hydrogens is 296 g/mol. The summed E-state index contributed by atoms with van der Waals surface area (Å²) >= 11 is 1.62. The second kappa shape index (κ2) is 8.89. The summed E-state index contributed by atoms with van der Waals surface area (Å²) in [4.78, 5) is 15.9. The van der Waals surface area contributed by atoms with E-state index in [1.54, 1.807) is 31.1 Å². The molecule has 5 heteroatoms. The summed E-state index contributed by atoms with van der Waals surface area (Å²) in [5.41, 5.74) is 0.957. The van der Waals surface area contributed by atoms with Crippen LogP contribution >= 0.6 is 11.8 Å². The number of thioether (sulfide) groups is 1. The fourth-order valence-corrected chi connectivity index (χ4v) is 2.43. The lowest BCUT2D eigenvalue weighted by atomic mass is 10.2. The Balaban J connectivity index is 1.69. The van der Waals surface area contributed by atoms with Gasteiger partial charge in [0.2, 0.25) is 5.91 Å². The maximum absolute atomic E-state index is 11.7. The topological polar surface area (TPSA) is 51.2 Å². The molecule has 2 aromatic rings. The minimum atomic E-state index is -0.0996. The van der Waals surface area contributed by atoms with Gasteiger partial charge in [-0.15, -0.1) is 11.8 Å². The number of methoxy groups -OCH3 is 1. The predicted molar refractivity (Wildman–Crippen MR) is 90.0 cm³/mol. The van der Waals surface area contributed by atoms with E-state index in [1.807, 2.05) is 42.5 Å². The highest BCUT2D eigenvalue weighted by molar-refractivity contribution is 7.99. The summed E-state index contributed by atoms with van der Waals surface area (Å²) in [6.07, 6.45) is 5.08. The Bertz CT molecular complexity index is 612. The van der Waals surface area contributed by atoms with Gasteiger partial charge in [0, 0.05) is 24.6 Å². The molecule has 0 atom stereocenters. The Kier molecular flexibility index (Phi) is 6.51. The zero-order valence-corrected chi connectivity index (χ0v) is 13.2. The van der Waals surface area contributed by atoms with Crippen LogP contribution in [0.25, 0.3) is 6.08 Å². The molecule has 0 unspecified atom stereocenters. The first-order chi connectivity index (χ1) is 10.8. The van der Waals surface area contributed by atoms with Gasteiger partial charge in [0.05, 0.1) is 12.1 Å². The van der Waals surface area contributed by atoms with Gasteiger partial charge in [0.25, 0.3) is 0 Å². The van der Waals surface area contributed by atoms with E-state index >= 15 is 0 Å². The molecule has 1 heterocycles. The first kappa shape index (κ1) is 16.1. The number of hydrogen-bond acceptors (Lipinski definition) is 4. The van der Waals surface area contributed by atoms with Crippen molar-refractivity contribution < 1.29 is 9.53 Å². The quantitative estimate of drug-likeness (QED) is 0.485. The summed E-state index contributed by atoms with van der Waals surface area (Å²) in [7, 11) is 1.63. The van der Waals surface area contributed by atoms with Gasteiger partial charge in [-0.25, -0.2) is 4.98 Å². The van der Waals surface area contributed by atoms with Crippen LogP contribution < -0.4 is 10.1 Å². The lowest BCUT2D eigenvalue weighted by molar-refractivity contribution is -0.116. The highest BCUT2D eigenvalue weighted by Gasteiger charge is 1.97. The molecule has 1 amide bonds. The van der Waals surface area contributed by atoms with Gasteiger partial charge in [0.1, 0.15) is 5.75 Å². The fraction of sp³-hybridized carbons (Fsp3) is 0.176. The summed E-state index contributed by atoms with van der Waals surface area (Å²) in [6, 6.07) is 13.3. The van der Waals surface area contributed by atoms with Crippen LogP contribution in [0.5, 0.6) is 5.75 Å². The lowest BCUT2D eigenvalue weighted by Gasteiger charge is -2.02. The minimum absolute atomic E-state index is 0.0996. The van der Waals surface area contributed by atoms with Crippen molar-refractivity contribution in [3.05, 3.63) is 60.3 Å². The van der Waals surface area contributed by atoms with Crippen molar-refractivity contribution in [2.45, 2.75) is 5.03 Å². The Morgan fingerprint density at radius 1 is 1.27 bits per heavy atom. The van der Waals surface area contributed by atoms with Gasteiger partial charge in [-0.1, -0.05) is 18.2 Å². The smallest absolute Gasteiger partial charge is 0.244 e. The van der Waals surface area contributed by atoms with Gasteiger partial charge < -0.3 is 10.1 Å². The van der Waals surface area contributed by atoms with Crippen LogP contribution in [0.2, 0.25) is 0 Å². The third-order valence-electron chi connectivity index (χ3n) is 2.83. The van der Waals surface area contributed by atoms with Crippen molar-refractivity contribution in [3.8, 4) is 5.75 Å². The number of aromatic nitrogens is 1. The predicted octanol–water partition coefficient (Wildman–Crippen LogP) is 3.01.